The van der Waals surface area contributed by atoms with Gasteiger partial charge in [-0.05, 0) is 76.1 Å². The van der Waals surface area contributed by atoms with E-state index in [2.05, 4.69) is 42.7 Å². The maximum Gasteiger partial charge on any atom is 0.437 e. The van der Waals surface area contributed by atoms with Crippen molar-refractivity contribution in [2.24, 2.45) is 13.0 Å². The van der Waals surface area contributed by atoms with Crippen LogP contribution in [0, 0.1) is 5.92 Å². The molecule has 2 saturated heterocycles. The molecule has 5 aromatic rings. The van der Waals surface area contributed by atoms with Crippen LogP contribution in [0.25, 0.3) is 16.7 Å². The van der Waals surface area contributed by atoms with Crippen LogP contribution in [0.3, 0.4) is 0 Å². The first-order valence-electron chi connectivity index (χ1n) is 18.6. The summed E-state index contributed by atoms with van der Waals surface area (Å²) in [5.74, 6) is -1.15. The summed E-state index contributed by atoms with van der Waals surface area (Å²) in [5, 5.41) is 12.7. The van der Waals surface area contributed by atoms with Gasteiger partial charge in [-0.25, -0.2) is 14.3 Å². The highest BCUT2D eigenvalue weighted by atomic mass is 19.4. The van der Waals surface area contributed by atoms with E-state index in [1.807, 2.05) is 18.2 Å². The van der Waals surface area contributed by atoms with Crippen LogP contribution >= 0.6 is 0 Å². The Bertz CT molecular complexity index is 2330. The number of amides is 3. The Balaban J connectivity index is 0.877. The van der Waals surface area contributed by atoms with E-state index >= 15 is 0 Å². The molecule has 1 aliphatic carbocycles. The van der Waals surface area contributed by atoms with Crippen molar-refractivity contribution in [1.29, 1.82) is 0 Å². The number of carbonyl (C=O) groups is 3. The summed E-state index contributed by atoms with van der Waals surface area (Å²) in [6.45, 7) is 2.44. The number of carbonyl (C=O) groups excluding carboxylic acids is 3. The molecule has 55 heavy (non-hydrogen) atoms. The van der Waals surface area contributed by atoms with Gasteiger partial charge in [-0.1, -0.05) is 6.07 Å². The zero-order chi connectivity index (χ0) is 38.6. The van der Waals surface area contributed by atoms with Crippen molar-refractivity contribution in [3.05, 3.63) is 70.8 Å². The molecule has 2 N–H and O–H groups in total. The number of hydrogen-bond donors (Lipinski definition) is 2. The molecule has 1 atom stereocenters. The quantitative estimate of drug-likeness (QED) is 0.222. The molecule has 3 fully saturated rings. The Morgan fingerprint density at radius 1 is 1.04 bits per heavy atom. The van der Waals surface area contributed by atoms with Crippen molar-refractivity contribution in [3.63, 3.8) is 0 Å². The summed E-state index contributed by atoms with van der Waals surface area (Å²) in [6.07, 6.45) is 6.17. The number of aromatic nitrogens is 7. The number of nitrogens with zero attached hydrogens (tertiary/aromatic N) is 9. The minimum atomic E-state index is -4.76. The molecule has 0 spiro atoms. The summed E-state index contributed by atoms with van der Waals surface area (Å²) >= 11 is 0. The summed E-state index contributed by atoms with van der Waals surface area (Å²) in [6, 6.07) is 6.77. The van der Waals surface area contributed by atoms with Gasteiger partial charge < -0.3 is 15.1 Å². The molecule has 15 nitrogen and oxygen atoms in total. The number of imide groups is 1. The molecule has 2 aliphatic heterocycles. The van der Waals surface area contributed by atoms with E-state index in [0.29, 0.717) is 30.3 Å². The fraction of sp³-hybridized carbons (Fsp3) is 0.486. The standard InChI is InChI=1S/C37H42F3N11O4/c1-46(23-13-17-48(18-14-23)27-5-3-6-28-31(27)47(2)36(55)51(28)29-11-12-30(52)44-35(29)54)20-22-7-9-24(10-8-22)50-21-26(32(45-50)37(38,39)40)43-34(53)25-19-42-49-16-4-15-41-33(25)49/h3-6,15-16,19,21-24,29H,7-14,17-18,20H2,1-2H3,(H,43,53)(H,44,52,54). The molecule has 3 amide bonds. The van der Waals surface area contributed by atoms with Gasteiger partial charge in [0.25, 0.3) is 5.91 Å². The average Bonchev–Trinajstić information content (AvgIpc) is 3.87. The fourth-order valence-corrected chi connectivity index (χ4v) is 8.66. The molecule has 6 heterocycles. The van der Waals surface area contributed by atoms with Crippen molar-refractivity contribution in [3.8, 4) is 0 Å². The normalized spacial score (nSPS) is 21.5. The van der Waals surface area contributed by atoms with Crippen LogP contribution in [0.5, 0.6) is 0 Å². The lowest BCUT2D eigenvalue weighted by Crippen LogP contribution is -2.45. The highest BCUT2D eigenvalue weighted by Gasteiger charge is 2.39. The number of halogens is 3. The number of alkyl halides is 3. The monoisotopic (exact) mass is 761 g/mol. The van der Waals surface area contributed by atoms with Crippen LogP contribution < -0.4 is 21.2 Å². The number of nitrogens with one attached hydrogen (secondary N) is 2. The molecule has 1 saturated carbocycles. The zero-order valence-electron chi connectivity index (χ0n) is 30.5. The number of aryl methyl sites for hydroxylation is 1. The summed E-state index contributed by atoms with van der Waals surface area (Å²) in [7, 11) is 3.85. The van der Waals surface area contributed by atoms with Gasteiger partial charge in [-0.3, -0.25) is 33.5 Å². The fourth-order valence-electron chi connectivity index (χ4n) is 8.66. The average molecular weight is 762 g/mol. The van der Waals surface area contributed by atoms with Crippen molar-refractivity contribution >= 4 is 45.8 Å². The van der Waals surface area contributed by atoms with Gasteiger partial charge in [0, 0.05) is 57.7 Å². The van der Waals surface area contributed by atoms with Crippen LogP contribution in [0.2, 0.25) is 0 Å². The van der Waals surface area contributed by atoms with E-state index in [4.69, 9.17) is 0 Å². The Morgan fingerprint density at radius 3 is 2.53 bits per heavy atom. The van der Waals surface area contributed by atoms with Crippen LogP contribution in [0.1, 0.15) is 79.5 Å². The van der Waals surface area contributed by atoms with Gasteiger partial charge in [0.2, 0.25) is 11.8 Å². The van der Waals surface area contributed by atoms with Crippen LogP contribution in [-0.4, -0.2) is 88.9 Å². The molecular weight excluding hydrogens is 719 g/mol. The van der Waals surface area contributed by atoms with Crippen molar-refractivity contribution in [2.75, 3.05) is 36.9 Å². The lowest BCUT2D eigenvalue weighted by Gasteiger charge is -2.40. The topological polar surface area (TPSA) is 157 Å². The number of fused-ring (bicyclic) bond motifs is 2. The van der Waals surface area contributed by atoms with Crippen LogP contribution in [-0.2, 0) is 22.8 Å². The third-order valence-corrected chi connectivity index (χ3v) is 11.5. The van der Waals surface area contributed by atoms with E-state index < -0.39 is 35.4 Å². The third kappa shape index (κ3) is 6.87. The lowest BCUT2D eigenvalue weighted by atomic mass is 9.85. The second kappa shape index (κ2) is 14.3. The number of benzene rings is 1. The molecule has 8 rings (SSSR count). The Hall–Kier alpha value is -5.52. The maximum absolute atomic E-state index is 14.1. The van der Waals surface area contributed by atoms with Gasteiger partial charge in [0.15, 0.2) is 11.3 Å². The first-order chi connectivity index (χ1) is 26.4. The van der Waals surface area contributed by atoms with Crippen molar-refractivity contribution < 1.29 is 27.6 Å². The predicted octanol–water partition coefficient (Wildman–Crippen LogP) is 4.16. The van der Waals surface area contributed by atoms with E-state index in [1.165, 1.54) is 32.4 Å². The van der Waals surface area contributed by atoms with Gasteiger partial charge in [0.05, 0.1) is 34.6 Å². The molecule has 4 aromatic heterocycles. The molecule has 1 aromatic carbocycles. The molecule has 1 unspecified atom stereocenters. The number of imidazole rings is 1. The van der Waals surface area contributed by atoms with Gasteiger partial charge in [0.1, 0.15) is 11.6 Å². The highest BCUT2D eigenvalue weighted by Crippen LogP contribution is 2.39. The second-order valence-electron chi connectivity index (χ2n) is 14.9. The van der Waals surface area contributed by atoms with Crippen molar-refractivity contribution in [2.45, 2.75) is 75.7 Å². The predicted molar refractivity (Wildman–Crippen MR) is 196 cm³/mol. The van der Waals surface area contributed by atoms with E-state index in [9.17, 15) is 32.3 Å². The Morgan fingerprint density at radius 2 is 1.80 bits per heavy atom. The largest absolute Gasteiger partial charge is 0.437 e. The Kier molecular flexibility index (Phi) is 9.47. The highest BCUT2D eigenvalue weighted by molar-refractivity contribution is 6.08. The minimum Gasteiger partial charge on any atom is -0.370 e. The first kappa shape index (κ1) is 36.5. The summed E-state index contributed by atoms with van der Waals surface area (Å²) < 4.78 is 48.1. The molecule has 290 valence electrons. The summed E-state index contributed by atoms with van der Waals surface area (Å²) in [4.78, 5) is 59.7. The second-order valence-corrected chi connectivity index (χ2v) is 14.9. The van der Waals surface area contributed by atoms with E-state index in [1.54, 1.807) is 23.9 Å². The zero-order valence-corrected chi connectivity index (χ0v) is 30.5. The first-order valence-corrected chi connectivity index (χ1v) is 18.6. The summed E-state index contributed by atoms with van der Waals surface area (Å²) in [5.41, 5.74) is 0.835. The lowest BCUT2D eigenvalue weighted by molar-refractivity contribution is -0.141. The van der Waals surface area contributed by atoms with E-state index in [-0.39, 0.29) is 41.7 Å². The van der Waals surface area contributed by atoms with Crippen LogP contribution in [0.4, 0.5) is 24.5 Å². The molecular formula is C37H42F3N11O4. The van der Waals surface area contributed by atoms with Gasteiger partial charge in [-0.2, -0.15) is 23.4 Å². The number of anilines is 2. The van der Waals surface area contributed by atoms with Crippen LogP contribution in [0.15, 0.2) is 53.8 Å². The van der Waals surface area contributed by atoms with E-state index in [0.717, 1.165) is 56.5 Å². The molecule has 0 radical (unpaired) electrons. The number of hydrogen-bond acceptors (Lipinski definition) is 9. The minimum absolute atomic E-state index is 0.0582. The molecule has 18 heteroatoms. The van der Waals surface area contributed by atoms with Gasteiger partial charge >= 0.3 is 11.9 Å². The smallest absolute Gasteiger partial charge is 0.370 e. The number of piperidine rings is 2. The maximum atomic E-state index is 14.1. The third-order valence-electron chi connectivity index (χ3n) is 11.5. The number of para-hydroxylation sites is 1. The Labute approximate surface area is 313 Å². The number of rotatable bonds is 8. The molecule has 0 bridgehead atoms. The van der Waals surface area contributed by atoms with Crippen molar-refractivity contribution in [1.82, 2.24) is 43.7 Å². The SMILES string of the molecule is CN(CC1CCC(n2cc(NC(=O)c3cnn4cccnc34)c(C(F)(F)F)n2)CC1)C1CCN(c2cccc3c2n(C)c(=O)n3C2CCC(=O)NC2=O)CC1. The van der Waals surface area contributed by atoms with Gasteiger partial charge in [-0.15, -0.1) is 0 Å². The molecule has 3 aliphatic rings.